The van der Waals surface area contributed by atoms with Gasteiger partial charge in [0.15, 0.2) is 0 Å². The van der Waals surface area contributed by atoms with Gasteiger partial charge in [0.05, 0.1) is 4.90 Å². The van der Waals surface area contributed by atoms with E-state index in [0.717, 1.165) is 22.5 Å². The number of aryl methyl sites for hydroxylation is 1. The highest BCUT2D eigenvalue weighted by Gasteiger charge is 2.18. The van der Waals surface area contributed by atoms with Gasteiger partial charge in [0.1, 0.15) is 0 Å². The molecule has 22 heavy (non-hydrogen) atoms. The fourth-order valence-corrected chi connectivity index (χ4v) is 2.83. The normalized spacial score (nSPS) is 12.8. The van der Waals surface area contributed by atoms with E-state index in [0.29, 0.717) is 5.92 Å². The summed E-state index contributed by atoms with van der Waals surface area (Å²) in [5.74, 6) is 0.313. The predicted octanol–water partition coefficient (Wildman–Crippen LogP) is 3.77. The minimum atomic E-state index is -3.44. The largest absolute Gasteiger partial charge is 0.355 e. The molecular formula is C17H26N2O2S. The van der Waals surface area contributed by atoms with E-state index >= 15 is 0 Å². The van der Waals surface area contributed by atoms with Crippen molar-refractivity contribution in [2.24, 2.45) is 5.92 Å². The zero-order valence-electron chi connectivity index (χ0n) is 14.3. The average Bonchev–Trinajstić information content (AvgIpc) is 2.45. The highest BCUT2D eigenvalue weighted by Crippen LogP contribution is 2.26. The number of sulfonamides is 1. The third kappa shape index (κ3) is 3.99. The van der Waals surface area contributed by atoms with Gasteiger partial charge in [-0.2, -0.15) is 0 Å². The maximum absolute atomic E-state index is 12.3. The van der Waals surface area contributed by atoms with Crippen molar-refractivity contribution in [3.05, 3.63) is 47.7 Å². The molecule has 1 aromatic rings. The Labute approximate surface area is 134 Å². The van der Waals surface area contributed by atoms with Crippen molar-refractivity contribution in [3.8, 4) is 0 Å². The molecule has 5 heteroatoms. The van der Waals surface area contributed by atoms with Gasteiger partial charge in [-0.25, -0.2) is 12.7 Å². The molecule has 1 rings (SSSR count). The fourth-order valence-electron chi connectivity index (χ4n) is 1.90. The van der Waals surface area contributed by atoms with Crippen LogP contribution in [0.1, 0.15) is 26.3 Å². The van der Waals surface area contributed by atoms with Crippen LogP contribution in [-0.2, 0) is 10.0 Å². The van der Waals surface area contributed by atoms with E-state index in [4.69, 9.17) is 0 Å². The van der Waals surface area contributed by atoms with Crippen molar-refractivity contribution in [2.75, 3.05) is 19.4 Å². The lowest BCUT2D eigenvalue weighted by atomic mass is 10.0. The van der Waals surface area contributed by atoms with Crippen LogP contribution < -0.4 is 5.32 Å². The fraction of sp³-hybridized carbons (Fsp3) is 0.412. The van der Waals surface area contributed by atoms with Gasteiger partial charge in [-0.1, -0.05) is 32.6 Å². The molecule has 0 saturated carbocycles. The minimum Gasteiger partial charge on any atom is -0.355 e. The summed E-state index contributed by atoms with van der Waals surface area (Å²) < 4.78 is 25.7. The van der Waals surface area contributed by atoms with Crippen LogP contribution in [0.25, 0.3) is 0 Å². The first-order chi connectivity index (χ1) is 10.1. The maximum Gasteiger partial charge on any atom is 0.242 e. The summed E-state index contributed by atoms with van der Waals surface area (Å²) in [4.78, 5) is 0.274. The van der Waals surface area contributed by atoms with Crippen LogP contribution in [0.2, 0.25) is 0 Å². The third-order valence-corrected chi connectivity index (χ3v) is 5.40. The summed E-state index contributed by atoms with van der Waals surface area (Å²) in [7, 11) is -0.388. The predicted molar refractivity (Wildman–Crippen MR) is 93.4 cm³/mol. The first kappa shape index (κ1) is 18.5. The summed E-state index contributed by atoms with van der Waals surface area (Å²) in [6, 6.07) is 5.11. The molecule has 122 valence electrons. The molecule has 4 nitrogen and oxygen atoms in total. The number of anilines is 1. The average molecular weight is 322 g/mol. The Morgan fingerprint density at radius 2 is 1.91 bits per heavy atom. The molecule has 0 radical (unpaired) electrons. The summed E-state index contributed by atoms with van der Waals surface area (Å²) in [5.41, 5.74) is 3.66. The molecule has 0 spiro atoms. The van der Waals surface area contributed by atoms with Gasteiger partial charge < -0.3 is 5.32 Å². The molecule has 0 heterocycles. The molecule has 0 aromatic heterocycles. The number of hydrogen-bond donors (Lipinski definition) is 1. The van der Waals surface area contributed by atoms with Gasteiger partial charge in [0, 0.05) is 25.5 Å². The van der Waals surface area contributed by atoms with Gasteiger partial charge in [-0.05, 0) is 43.0 Å². The second-order valence-electron chi connectivity index (χ2n) is 5.77. The van der Waals surface area contributed by atoms with Crippen LogP contribution in [-0.4, -0.2) is 26.8 Å². The van der Waals surface area contributed by atoms with Gasteiger partial charge in [-0.3, -0.25) is 0 Å². The Balaban J connectivity index is 3.24. The van der Waals surface area contributed by atoms with Crippen LogP contribution in [0.3, 0.4) is 0 Å². The topological polar surface area (TPSA) is 49.4 Å². The van der Waals surface area contributed by atoms with Crippen LogP contribution in [0, 0.1) is 12.8 Å². The molecule has 0 unspecified atom stereocenters. The molecule has 1 aromatic carbocycles. The molecule has 0 aliphatic carbocycles. The van der Waals surface area contributed by atoms with Gasteiger partial charge in [0.2, 0.25) is 10.0 Å². The van der Waals surface area contributed by atoms with Crippen LogP contribution >= 0.6 is 0 Å². The Morgan fingerprint density at radius 3 is 2.36 bits per heavy atom. The van der Waals surface area contributed by atoms with Gasteiger partial charge in [0.25, 0.3) is 0 Å². The number of allylic oxidation sites excluding steroid dienone is 2. The van der Waals surface area contributed by atoms with E-state index < -0.39 is 10.0 Å². The van der Waals surface area contributed by atoms with Crippen LogP contribution in [0.4, 0.5) is 5.69 Å². The standard InChI is InChI=1S/C17H26N2O2S/c1-8-16(14(5)12(2)3)18-17-11-15(10-9-13(17)4)22(20,21)19(6)7/h8-12,18H,5H2,1-4,6-7H3/b16-8+. The molecular weight excluding hydrogens is 296 g/mol. The minimum absolute atomic E-state index is 0.274. The number of nitrogens with zero attached hydrogens (tertiary/aromatic N) is 1. The van der Waals surface area contributed by atoms with Crippen molar-refractivity contribution in [3.63, 3.8) is 0 Å². The maximum atomic E-state index is 12.3. The molecule has 0 atom stereocenters. The summed E-state index contributed by atoms with van der Waals surface area (Å²) in [6.07, 6.45) is 1.95. The SMILES string of the molecule is C=C(/C(=C\C)Nc1cc(S(=O)(=O)N(C)C)ccc1C)C(C)C. The Hall–Kier alpha value is -1.59. The van der Waals surface area contributed by atoms with E-state index in [9.17, 15) is 8.42 Å². The van der Waals surface area contributed by atoms with Crippen molar-refractivity contribution in [1.29, 1.82) is 0 Å². The second kappa shape index (κ2) is 7.11. The third-order valence-electron chi connectivity index (χ3n) is 3.59. The van der Waals surface area contributed by atoms with Crippen molar-refractivity contribution < 1.29 is 8.42 Å². The second-order valence-corrected chi connectivity index (χ2v) is 7.92. The Morgan fingerprint density at radius 1 is 1.32 bits per heavy atom. The van der Waals surface area contributed by atoms with Crippen molar-refractivity contribution in [1.82, 2.24) is 4.31 Å². The van der Waals surface area contributed by atoms with E-state index in [1.54, 1.807) is 12.1 Å². The highest BCUT2D eigenvalue weighted by atomic mass is 32.2. The summed E-state index contributed by atoms with van der Waals surface area (Å²) in [6.45, 7) is 12.1. The van der Waals surface area contributed by atoms with E-state index in [1.807, 2.05) is 26.0 Å². The zero-order chi connectivity index (χ0) is 17.1. The van der Waals surface area contributed by atoms with Gasteiger partial charge >= 0.3 is 0 Å². The molecule has 0 aliphatic heterocycles. The quantitative estimate of drug-likeness (QED) is 0.811. The Bertz CT molecular complexity index is 687. The molecule has 1 N–H and O–H groups in total. The lowest BCUT2D eigenvalue weighted by molar-refractivity contribution is 0.521. The molecule has 0 bridgehead atoms. The number of rotatable bonds is 6. The number of benzene rings is 1. The molecule has 0 aliphatic rings. The van der Waals surface area contributed by atoms with E-state index in [1.165, 1.54) is 18.4 Å². The number of hydrogen-bond acceptors (Lipinski definition) is 3. The summed E-state index contributed by atoms with van der Waals surface area (Å²) >= 11 is 0. The highest BCUT2D eigenvalue weighted by molar-refractivity contribution is 7.89. The van der Waals surface area contributed by atoms with Crippen LogP contribution in [0.15, 0.2) is 47.0 Å². The molecule has 0 fully saturated rings. The van der Waals surface area contributed by atoms with Gasteiger partial charge in [-0.15, -0.1) is 0 Å². The first-order valence-corrected chi connectivity index (χ1v) is 8.71. The van der Waals surface area contributed by atoms with Crippen molar-refractivity contribution in [2.45, 2.75) is 32.6 Å². The zero-order valence-corrected chi connectivity index (χ0v) is 15.1. The van der Waals surface area contributed by atoms with Crippen molar-refractivity contribution >= 4 is 15.7 Å². The molecule has 0 saturated heterocycles. The monoisotopic (exact) mass is 322 g/mol. The van der Waals surface area contributed by atoms with E-state index in [2.05, 4.69) is 25.7 Å². The molecule has 0 amide bonds. The lowest BCUT2D eigenvalue weighted by Crippen LogP contribution is -2.22. The number of nitrogens with one attached hydrogen (secondary N) is 1. The smallest absolute Gasteiger partial charge is 0.242 e. The summed E-state index contributed by atoms with van der Waals surface area (Å²) in [5, 5.41) is 3.31. The van der Waals surface area contributed by atoms with E-state index in [-0.39, 0.29) is 4.90 Å². The first-order valence-electron chi connectivity index (χ1n) is 7.27. The lowest BCUT2D eigenvalue weighted by Gasteiger charge is -2.19. The Kier molecular flexibility index (Phi) is 5.97. The van der Waals surface area contributed by atoms with Crippen LogP contribution in [0.5, 0.6) is 0 Å².